The standard InChI is InChI=1S/C21H23FN6S/c1-5-28-20(9-17(26-28)13(2)3)25-21-24-18(11-29-21)15-6-7-19(16(22)8-15)27-10-14(4)23-12-27/h6-13H,5H2,1-4H3,(H,24,25). The molecule has 6 nitrogen and oxygen atoms in total. The fourth-order valence-corrected chi connectivity index (χ4v) is 3.79. The van der Waals surface area contributed by atoms with Gasteiger partial charge in [-0.3, -0.25) is 0 Å². The number of imidazole rings is 1. The molecule has 0 bridgehead atoms. The van der Waals surface area contributed by atoms with Crippen LogP contribution in [0.25, 0.3) is 16.9 Å². The zero-order valence-corrected chi connectivity index (χ0v) is 17.7. The predicted molar refractivity (Wildman–Crippen MR) is 115 cm³/mol. The Hall–Kier alpha value is -3.00. The van der Waals surface area contributed by atoms with Gasteiger partial charge in [0.15, 0.2) is 5.13 Å². The van der Waals surface area contributed by atoms with Gasteiger partial charge in [0, 0.05) is 29.8 Å². The van der Waals surface area contributed by atoms with E-state index in [9.17, 15) is 4.39 Å². The first-order valence-electron chi connectivity index (χ1n) is 9.55. The number of aromatic nitrogens is 5. The molecule has 150 valence electrons. The van der Waals surface area contributed by atoms with Crippen LogP contribution in [0.4, 0.5) is 15.3 Å². The summed E-state index contributed by atoms with van der Waals surface area (Å²) in [4.78, 5) is 8.79. The lowest BCUT2D eigenvalue weighted by Gasteiger charge is -2.06. The third kappa shape index (κ3) is 3.93. The first kappa shape index (κ1) is 19.3. The molecule has 1 aromatic carbocycles. The number of rotatable bonds is 6. The molecule has 29 heavy (non-hydrogen) atoms. The molecule has 0 saturated carbocycles. The van der Waals surface area contributed by atoms with Crippen LogP contribution < -0.4 is 5.32 Å². The minimum atomic E-state index is -0.312. The summed E-state index contributed by atoms with van der Waals surface area (Å²) in [5, 5.41) is 10.6. The van der Waals surface area contributed by atoms with E-state index in [1.54, 1.807) is 23.2 Å². The molecule has 0 aliphatic heterocycles. The summed E-state index contributed by atoms with van der Waals surface area (Å²) >= 11 is 1.48. The van der Waals surface area contributed by atoms with Gasteiger partial charge in [0.25, 0.3) is 0 Å². The second-order valence-corrected chi connectivity index (χ2v) is 8.03. The topological polar surface area (TPSA) is 60.6 Å². The predicted octanol–water partition coefficient (Wildman–Crippen LogP) is 5.53. The molecule has 0 unspecified atom stereocenters. The number of anilines is 2. The van der Waals surface area contributed by atoms with Crippen molar-refractivity contribution < 1.29 is 4.39 Å². The fraction of sp³-hybridized carbons (Fsp3) is 0.286. The molecule has 8 heteroatoms. The van der Waals surface area contributed by atoms with Gasteiger partial charge in [-0.15, -0.1) is 11.3 Å². The monoisotopic (exact) mass is 410 g/mol. The highest BCUT2D eigenvalue weighted by atomic mass is 32.1. The van der Waals surface area contributed by atoms with E-state index >= 15 is 0 Å². The van der Waals surface area contributed by atoms with Gasteiger partial charge in [0.2, 0.25) is 0 Å². The summed E-state index contributed by atoms with van der Waals surface area (Å²) in [6.07, 6.45) is 3.41. The van der Waals surface area contributed by atoms with E-state index in [1.165, 1.54) is 17.4 Å². The van der Waals surface area contributed by atoms with Crippen molar-refractivity contribution in [2.75, 3.05) is 5.32 Å². The average Bonchev–Trinajstić information content (AvgIpc) is 3.42. The second-order valence-electron chi connectivity index (χ2n) is 7.18. The maximum atomic E-state index is 14.7. The summed E-state index contributed by atoms with van der Waals surface area (Å²) in [5.41, 5.74) is 3.82. The molecule has 0 radical (unpaired) electrons. The zero-order valence-electron chi connectivity index (χ0n) is 16.8. The summed E-state index contributed by atoms with van der Waals surface area (Å²) in [6.45, 7) is 8.95. The smallest absolute Gasteiger partial charge is 0.188 e. The van der Waals surface area contributed by atoms with Gasteiger partial charge in [-0.1, -0.05) is 19.9 Å². The molecule has 0 aliphatic carbocycles. The normalized spacial score (nSPS) is 11.4. The number of nitrogens with one attached hydrogen (secondary N) is 1. The summed E-state index contributed by atoms with van der Waals surface area (Å²) < 4.78 is 18.3. The minimum Gasteiger partial charge on any atom is -0.316 e. The van der Waals surface area contributed by atoms with Gasteiger partial charge in [0.05, 0.1) is 29.1 Å². The highest BCUT2D eigenvalue weighted by molar-refractivity contribution is 7.14. The van der Waals surface area contributed by atoms with Crippen molar-refractivity contribution in [1.82, 2.24) is 24.3 Å². The van der Waals surface area contributed by atoms with Gasteiger partial charge in [-0.2, -0.15) is 5.10 Å². The third-order valence-corrected chi connectivity index (χ3v) is 5.42. The van der Waals surface area contributed by atoms with Crippen molar-refractivity contribution >= 4 is 22.3 Å². The van der Waals surface area contributed by atoms with Gasteiger partial charge in [0.1, 0.15) is 11.6 Å². The quantitative estimate of drug-likeness (QED) is 0.454. The molecule has 4 rings (SSSR count). The molecular weight excluding hydrogens is 387 g/mol. The average molecular weight is 411 g/mol. The Morgan fingerprint density at radius 2 is 2.07 bits per heavy atom. The lowest BCUT2D eigenvalue weighted by atomic mass is 10.1. The van der Waals surface area contributed by atoms with Crippen LogP contribution in [0.5, 0.6) is 0 Å². The van der Waals surface area contributed by atoms with E-state index in [-0.39, 0.29) is 5.82 Å². The van der Waals surface area contributed by atoms with Crippen LogP contribution in [0.15, 0.2) is 42.2 Å². The van der Waals surface area contributed by atoms with E-state index in [1.807, 2.05) is 23.1 Å². The molecule has 0 atom stereocenters. The highest BCUT2D eigenvalue weighted by Gasteiger charge is 2.13. The Bertz CT molecular complexity index is 1140. The Morgan fingerprint density at radius 3 is 2.72 bits per heavy atom. The lowest BCUT2D eigenvalue weighted by molar-refractivity contribution is 0.618. The Kier molecular flexibility index (Phi) is 5.19. The van der Waals surface area contributed by atoms with Gasteiger partial charge >= 0.3 is 0 Å². The molecule has 0 amide bonds. The molecule has 1 N–H and O–H groups in total. The molecule has 3 heterocycles. The zero-order chi connectivity index (χ0) is 20.5. The highest BCUT2D eigenvalue weighted by Crippen LogP contribution is 2.30. The molecule has 0 aliphatic rings. The van der Waals surface area contributed by atoms with E-state index < -0.39 is 0 Å². The largest absolute Gasteiger partial charge is 0.316 e. The van der Waals surface area contributed by atoms with Gasteiger partial charge in [-0.05, 0) is 31.9 Å². The van der Waals surface area contributed by atoms with Crippen molar-refractivity contribution in [3.05, 3.63) is 59.4 Å². The summed E-state index contributed by atoms with van der Waals surface area (Å²) in [7, 11) is 0. The number of thiazole rings is 1. The van der Waals surface area contributed by atoms with Crippen LogP contribution in [0.1, 0.15) is 38.1 Å². The van der Waals surface area contributed by atoms with Crippen LogP contribution in [0, 0.1) is 12.7 Å². The Morgan fingerprint density at radius 1 is 1.24 bits per heavy atom. The van der Waals surface area contributed by atoms with Crippen LogP contribution in [-0.2, 0) is 6.54 Å². The van der Waals surface area contributed by atoms with Gasteiger partial charge in [-0.25, -0.2) is 19.0 Å². The number of hydrogen-bond donors (Lipinski definition) is 1. The second kappa shape index (κ2) is 7.79. The van der Waals surface area contributed by atoms with E-state index in [0.29, 0.717) is 11.6 Å². The molecule has 0 fully saturated rings. The van der Waals surface area contributed by atoms with Crippen molar-refractivity contribution in [3.63, 3.8) is 0 Å². The molecule has 0 saturated heterocycles. The fourth-order valence-electron chi connectivity index (χ4n) is 3.06. The summed E-state index contributed by atoms with van der Waals surface area (Å²) in [6, 6.07) is 7.19. The van der Waals surface area contributed by atoms with E-state index in [2.05, 4.69) is 47.2 Å². The van der Waals surface area contributed by atoms with Crippen LogP contribution in [0.2, 0.25) is 0 Å². The van der Waals surface area contributed by atoms with Crippen molar-refractivity contribution in [2.45, 2.75) is 40.2 Å². The lowest BCUT2D eigenvalue weighted by Crippen LogP contribution is -2.03. The van der Waals surface area contributed by atoms with Crippen LogP contribution in [-0.4, -0.2) is 24.3 Å². The number of benzene rings is 1. The van der Waals surface area contributed by atoms with E-state index in [4.69, 9.17) is 0 Å². The number of aryl methyl sites for hydroxylation is 2. The maximum absolute atomic E-state index is 14.7. The third-order valence-electron chi connectivity index (χ3n) is 4.66. The van der Waals surface area contributed by atoms with Crippen molar-refractivity contribution in [3.8, 4) is 16.9 Å². The Balaban J connectivity index is 1.57. The minimum absolute atomic E-state index is 0.312. The first-order valence-corrected chi connectivity index (χ1v) is 10.4. The SMILES string of the molecule is CCn1nc(C(C)C)cc1Nc1nc(-c2ccc(-n3cnc(C)c3)c(F)c2)cs1. The molecule has 3 aromatic heterocycles. The number of hydrogen-bond acceptors (Lipinski definition) is 5. The van der Waals surface area contributed by atoms with Gasteiger partial charge < -0.3 is 9.88 Å². The molecule has 4 aromatic rings. The van der Waals surface area contributed by atoms with Crippen molar-refractivity contribution in [2.24, 2.45) is 0 Å². The van der Waals surface area contributed by atoms with Crippen LogP contribution in [0.3, 0.4) is 0 Å². The number of nitrogens with zero attached hydrogens (tertiary/aromatic N) is 5. The molecular formula is C21H23FN6S. The summed E-state index contributed by atoms with van der Waals surface area (Å²) in [5.74, 6) is 0.957. The molecule has 0 spiro atoms. The maximum Gasteiger partial charge on any atom is 0.188 e. The number of halogens is 1. The van der Waals surface area contributed by atoms with Crippen LogP contribution >= 0.6 is 11.3 Å². The van der Waals surface area contributed by atoms with E-state index in [0.717, 1.165) is 40.1 Å². The van der Waals surface area contributed by atoms with Crippen molar-refractivity contribution in [1.29, 1.82) is 0 Å². The Labute approximate surface area is 173 Å². The first-order chi connectivity index (χ1) is 13.9.